The molecule has 2 aromatic heterocycles. The highest BCUT2D eigenvalue weighted by Gasteiger charge is 2.42. The fourth-order valence-electron chi connectivity index (χ4n) is 2.12. The Morgan fingerprint density at radius 2 is 1.90 bits per heavy atom. The number of methoxy groups -OCH3 is 1. The molecule has 0 amide bonds. The first-order chi connectivity index (χ1) is 10.0. The Morgan fingerprint density at radius 1 is 1.14 bits per heavy atom. The zero-order valence-electron chi connectivity index (χ0n) is 12.0. The highest BCUT2D eigenvalue weighted by Crippen LogP contribution is 2.51. The maximum absolute atomic E-state index is 5.88. The van der Waals surface area contributed by atoms with E-state index >= 15 is 0 Å². The molecule has 21 heavy (non-hydrogen) atoms. The first kappa shape index (κ1) is 13.4. The summed E-state index contributed by atoms with van der Waals surface area (Å²) in [5.74, 6) is 1.81. The monoisotopic (exact) mass is 287 g/mol. The van der Waals surface area contributed by atoms with Gasteiger partial charge in [-0.3, -0.25) is 0 Å². The molecule has 0 aliphatic heterocycles. The Hall–Kier alpha value is -2.57. The van der Waals surface area contributed by atoms with Crippen LogP contribution in [0.3, 0.4) is 0 Å². The van der Waals surface area contributed by atoms with Gasteiger partial charge in [0, 0.05) is 17.8 Å². The van der Waals surface area contributed by atoms with Crippen LogP contribution in [0.5, 0.6) is 17.4 Å². The first-order valence-electron chi connectivity index (χ1n) is 6.62. The average Bonchev–Trinajstić information content (AvgIpc) is 3.20. The topological polar surface area (TPSA) is 109 Å². The highest BCUT2D eigenvalue weighted by molar-refractivity contribution is 5.52. The van der Waals surface area contributed by atoms with Crippen molar-refractivity contribution in [3.8, 4) is 17.4 Å². The maximum atomic E-state index is 5.88. The normalized spacial score (nSPS) is 15.5. The number of hydrogen-bond acceptors (Lipinski definition) is 7. The third-order valence-electron chi connectivity index (χ3n) is 3.72. The van der Waals surface area contributed by atoms with E-state index in [1.165, 1.54) is 6.20 Å². The third kappa shape index (κ3) is 2.54. The van der Waals surface area contributed by atoms with Gasteiger partial charge in [0.1, 0.15) is 5.75 Å². The van der Waals surface area contributed by atoms with Gasteiger partial charge in [-0.05, 0) is 18.3 Å². The molecule has 1 saturated carbocycles. The number of nitrogens with two attached hydrogens (primary N) is 2. The molecule has 0 radical (unpaired) electrons. The zero-order valence-corrected chi connectivity index (χ0v) is 12.0. The second-order valence-corrected chi connectivity index (χ2v) is 5.36. The third-order valence-corrected chi connectivity index (χ3v) is 3.72. The van der Waals surface area contributed by atoms with Gasteiger partial charge in [-0.2, -0.15) is 4.98 Å². The van der Waals surface area contributed by atoms with E-state index in [9.17, 15) is 0 Å². The minimum Gasteiger partial charge on any atom is -0.481 e. The van der Waals surface area contributed by atoms with Crippen LogP contribution in [0.25, 0.3) is 0 Å². The Balaban J connectivity index is 2.00. The standard InChI is InChI=1S/C14H17N5O2/c1-14(3-4-14)8-6-17-11(20-2)5-9(8)21-10-7-18-13(16)19-12(10)15/h5-7H,3-4H2,1-2H3,(H4,15,16,18,19). The van der Waals surface area contributed by atoms with Crippen LogP contribution in [0.1, 0.15) is 25.3 Å². The first-order valence-corrected chi connectivity index (χ1v) is 6.62. The lowest BCUT2D eigenvalue weighted by molar-refractivity contribution is 0.390. The molecule has 0 unspecified atom stereocenters. The van der Waals surface area contributed by atoms with E-state index in [0.29, 0.717) is 17.4 Å². The van der Waals surface area contributed by atoms with Crippen molar-refractivity contribution in [2.45, 2.75) is 25.2 Å². The number of nitrogen functional groups attached to an aromatic ring is 2. The highest BCUT2D eigenvalue weighted by atomic mass is 16.5. The van der Waals surface area contributed by atoms with Crippen molar-refractivity contribution < 1.29 is 9.47 Å². The molecule has 7 nitrogen and oxygen atoms in total. The summed E-state index contributed by atoms with van der Waals surface area (Å²) < 4.78 is 11.0. The minimum absolute atomic E-state index is 0.0953. The largest absolute Gasteiger partial charge is 0.481 e. The summed E-state index contributed by atoms with van der Waals surface area (Å²) in [6.45, 7) is 2.17. The molecule has 1 fully saturated rings. The van der Waals surface area contributed by atoms with Crippen molar-refractivity contribution in [2.75, 3.05) is 18.6 Å². The van der Waals surface area contributed by atoms with Crippen LogP contribution in [0.4, 0.5) is 11.8 Å². The van der Waals surface area contributed by atoms with Gasteiger partial charge in [0.2, 0.25) is 11.8 Å². The summed E-state index contributed by atoms with van der Waals surface area (Å²) in [5.41, 5.74) is 12.4. The second kappa shape index (κ2) is 4.76. The van der Waals surface area contributed by atoms with Gasteiger partial charge in [0.05, 0.1) is 13.3 Å². The smallest absolute Gasteiger partial charge is 0.222 e. The van der Waals surface area contributed by atoms with Crippen molar-refractivity contribution in [1.82, 2.24) is 15.0 Å². The Bertz CT molecular complexity index is 685. The predicted octanol–water partition coefficient (Wildman–Crippen LogP) is 1.89. The molecular weight excluding hydrogens is 270 g/mol. The molecule has 4 N–H and O–H groups in total. The van der Waals surface area contributed by atoms with Crippen molar-refractivity contribution in [2.24, 2.45) is 0 Å². The number of pyridine rings is 1. The van der Waals surface area contributed by atoms with Gasteiger partial charge in [-0.25, -0.2) is 9.97 Å². The van der Waals surface area contributed by atoms with E-state index in [1.54, 1.807) is 19.4 Å². The van der Waals surface area contributed by atoms with Gasteiger partial charge in [0.25, 0.3) is 0 Å². The summed E-state index contributed by atoms with van der Waals surface area (Å²) in [6, 6.07) is 1.74. The van der Waals surface area contributed by atoms with E-state index in [2.05, 4.69) is 21.9 Å². The summed E-state index contributed by atoms with van der Waals surface area (Å²) in [4.78, 5) is 12.1. The van der Waals surface area contributed by atoms with Gasteiger partial charge < -0.3 is 20.9 Å². The summed E-state index contributed by atoms with van der Waals surface area (Å²) in [6.07, 6.45) is 5.45. The lowest BCUT2D eigenvalue weighted by Gasteiger charge is -2.16. The van der Waals surface area contributed by atoms with E-state index in [0.717, 1.165) is 18.4 Å². The molecule has 2 heterocycles. The summed E-state index contributed by atoms with van der Waals surface area (Å²) >= 11 is 0. The SMILES string of the molecule is COc1cc(Oc2cnc(N)nc2N)c(C2(C)CC2)cn1. The van der Waals surface area contributed by atoms with E-state index in [-0.39, 0.29) is 17.2 Å². The number of aromatic nitrogens is 3. The van der Waals surface area contributed by atoms with Crippen molar-refractivity contribution in [1.29, 1.82) is 0 Å². The molecule has 0 aromatic carbocycles. The lowest BCUT2D eigenvalue weighted by atomic mass is 9.99. The van der Waals surface area contributed by atoms with Gasteiger partial charge in [0.15, 0.2) is 11.6 Å². The van der Waals surface area contributed by atoms with Gasteiger partial charge in [-0.15, -0.1) is 0 Å². The summed E-state index contributed by atoms with van der Waals surface area (Å²) in [7, 11) is 1.56. The second-order valence-electron chi connectivity index (χ2n) is 5.36. The number of hydrogen-bond donors (Lipinski definition) is 2. The fourth-order valence-corrected chi connectivity index (χ4v) is 2.12. The van der Waals surface area contributed by atoms with Gasteiger partial charge in [-0.1, -0.05) is 6.92 Å². The Morgan fingerprint density at radius 3 is 2.52 bits per heavy atom. The fraction of sp³-hybridized carbons (Fsp3) is 0.357. The molecule has 2 aromatic rings. The van der Waals surface area contributed by atoms with Crippen LogP contribution in [-0.2, 0) is 5.41 Å². The van der Waals surface area contributed by atoms with Crippen molar-refractivity contribution in [3.63, 3.8) is 0 Å². The average molecular weight is 287 g/mol. The molecule has 7 heteroatoms. The molecule has 3 rings (SSSR count). The van der Waals surface area contributed by atoms with Gasteiger partial charge >= 0.3 is 0 Å². The van der Waals surface area contributed by atoms with E-state index < -0.39 is 0 Å². The predicted molar refractivity (Wildman–Crippen MR) is 78.3 cm³/mol. The van der Waals surface area contributed by atoms with Crippen molar-refractivity contribution in [3.05, 3.63) is 24.0 Å². The van der Waals surface area contributed by atoms with Crippen LogP contribution < -0.4 is 20.9 Å². The Labute approximate surface area is 122 Å². The minimum atomic E-state index is 0.0953. The van der Waals surface area contributed by atoms with Crippen LogP contribution in [0, 0.1) is 0 Å². The van der Waals surface area contributed by atoms with Crippen LogP contribution in [0.15, 0.2) is 18.5 Å². The van der Waals surface area contributed by atoms with E-state index in [1.807, 2.05) is 0 Å². The molecule has 0 saturated heterocycles. The molecule has 1 aliphatic rings. The molecule has 0 bridgehead atoms. The number of anilines is 2. The van der Waals surface area contributed by atoms with Crippen molar-refractivity contribution >= 4 is 11.8 Å². The zero-order chi connectivity index (χ0) is 15.0. The molecule has 1 aliphatic carbocycles. The number of ether oxygens (including phenoxy) is 2. The molecule has 0 spiro atoms. The lowest BCUT2D eigenvalue weighted by Crippen LogP contribution is -2.06. The number of nitrogens with zero attached hydrogens (tertiary/aromatic N) is 3. The summed E-state index contributed by atoms with van der Waals surface area (Å²) in [5, 5.41) is 0. The number of rotatable bonds is 4. The Kier molecular flexibility index (Phi) is 3.04. The molecular formula is C14H17N5O2. The van der Waals surface area contributed by atoms with E-state index in [4.69, 9.17) is 20.9 Å². The van der Waals surface area contributed by atoms with Crippen LogP contribution >= 0.6 is 0 Å². The molecule has 110 valence electrons. The van der Waals surface area contributed by atoms with Crippen LogP contribution in [-0.4, -0.2) is 22.1 Å². The molecule has 0 atom stereocenters. The quantitative estimate of drug-likeness (QED) is 0.883. The maximum Gasteiger partial charge on any atom is 0.222 e. The van der Waals surface area contributed by atoms with Crippen LogP contribution in [0.2, 0.25) is 0 Å².